The average Bonchev–Trinajstić information content (AvgIpc) is 3.53. The van der Waals surface area contributed by atoms with Gasteiger partial charge >= 0.3 is 0 Å². The summed E-state index contributed by atoms with van der Waals surface area (Å²) >= 11 is 1.34. The van der Waals surface area contributed by atoms with Gasteiger partial charge in [-0.3, -0.25) is 14.2 Å². The SMILES string of the molecule is CCc1ccc(NC(=O)[C@H](C)Sc2nc3ccccc3c(=O)n2C2CC2)cc1. The van der Waals surface area contributed by atoms with E-state index in [1.54, 1.807) is 4.57 Å². The molecule has 0 unspecified atom stereocenters. The average molecular weight is 394 g/mol. The van der Waals surface area contributed by atoms with E-state index < -0.39 is 0 Å². The number of amides is 1. The molecule has 28 heavy (non-hydrogen) atoms. The first-order valence-electron chi connectivity index (χ1n) is 9.64. The van der Waals surface area contributed by atoms with Gasteiger partial charge in [0.2, 0.25) is 5.91 Å². The fraction of sp³-hybridized carbons (Fsp3) is 0.318. The molecule has 0 aliphatic heterocycles. The van der Waals surface area contributed by atoms with Gasteiger partial charge in [-0.25, -0.2) is 4.98 Å². The molecule has 1 heterocycles. The minimum absolute atomic E-state index is 0.0154. The van der Waals surface area contributed by atoms with Gasteiger partial charge in [0.1, 0.15) is 0 Å². The van der Waals surface area contributed by atoms with Crippen LogP contribution in [0.2, 0.25) is 0 Å². The van der Waals surface area contributed by atoms with E-state index in [0.29, 0.717) is 16.1 Å². The lowest BCUT2D eigenvalue weighted by Crippen LogP contribution is -2.26. The van der Waals surface area contributed by atoms with Crippen LogP contribution >= 0.6 is 11.8 Å². The van der Waals surface area contributed by atoms with Crippen LogP contribution in [0.4, 0.5) is 5.69 Å². The predicted octanol–water partition coefficient (Wildman–Crippen LogP) is 4.41. The predicted molar refractivity (Wildman–Crippen MR) is 114 cm³/mol. The van der Waals surface area contributed by atoms with E-state index in [2.05, 4.69) is 12.2 Å². The maximum atomic E-state index is 12.9. The molecule has 1 fully saturated rings. The van der Waals surface area contributed by atoms with Gasteiger partial charge in [0.15, 0.2) is 5.16 Å². The summed E-state index contributed by atoms with van der Waals surface area (Å²) in [5.41, 5.74) is 2.67. The second kappa shape index (κ2) is 7.80. The molecule has 4 rings (SSSR count). The van der Waals surface area contributed by atoms with Gasteiger partial charge in [0.25, 0.3) is 5.56 Å². The molecule has 5 nitrogen and oxygen atoms in total. The number of fused-ring (bicyclic) bond motifs is 1. The highest BCUT2D eigenvalue weighted by Crippen LogP contribution is 2.37. The molecule has 1 saturated carbocycles. The lowest BCUT2D eigenvalue weighted by Gasteiger charge is -2.16. The number of nitrogens with one attached hydrogen (secondary N) is 1. The van der Waals surface area contributed by atoms with Crippen molar-refractivity contribution in [2.45, 2.75) is 49.6 Å². The van der Waals surface area contributed by atoms with E-state index in [1.807, 2.05) is 55.5 Å². The van der Waals surface area contributed by atoms with Crippen molar-refractivity contribution < 1.29 is 4.79 Å². The second-order valence-electron chi connectivity index (χ2n) is 7.12. The van der Waals surface area contributed by atoms with Crippen molar-refractivity contribution in [1.82, 2.24) is 9.55 Å². The zero-order valence-electron chi connectivity index (χ0n) is 16.0. The summed E-state index contributed by atoms with van der Waals surface area (Å²) in [6, 6.07) is 15.5. The fourth-order valence-electron chi connectivity index (χ4n) is 3.14. The van der Waals surface area contributed by atoms with Crippen molar-refractivity contribution in [2.24, 2.45) is 0 Å². The molecule has 2 aromatic carbocycles. The summed E-state index contributed by atoms with van der Waals surface area (Å²) in [4.78, 5) is 30.3. The molecule has 3 aromatic rings. The highest BCUT2D eigenvalue weighted by atomic mass is 32.2. The molecule has 1 atom stereocenters. The van der Waals surface area contributed by atoms with Gasteiger partial charge in [-0.05, 0) is 56.0 Å². The Labute approximate surface area is 168 Å². The smallest absolute Gasteiger partial charge is 0.262 e. The number of rotatable bonds is 6. The summed E-state index contributed by atoms with van der Waals surface area (Å²) in [5, 5.41) is 3.83. The number of aryl methyl sites for hydroxylation is 1. The summed E-state index contributed by atoms with van der Waals surface area (Å²) in [6.07, 6.45) is 2.93. The van der Waals surface area contributed by atoms with Crippen LogP contribution < -0.4 is 10.9 Å². The van der Waals surface area contributed by atoms with Crippen LogP contribution in [0.1, 0.15) is 38.3 Å². The molecule has 0 spiro atoms. The lowest BCUT2D eigenvalue weighted by atomic mass is 10.1. The summed E-state index contributed by atoms with van der Waals surface area (Å²) in [6.45, 7) is 3.95. The Morgan fingerprint density at radius 3 is 2.61 bits per heavy atom. The van der Waals surface area contributed by atoms with Gasteiger partial charge in [0.05, 0.1) is 16.2 Å². The van der Waals surface area contributed by atoms with Crippen molar-refractivity contribution in [3.05, 3.63) is 64.4 Å². The lowest BCUT2D eigenvalue weighted by molar-refractivity contribution is -0.115. The molecule has 1 N–H and O–H groups in total. The van der Waals surface area contributed by atoms with Gasteiger partial charge in [0, 0.05) is 11.7 Å². The maximum Gasteiger partial charge on any atom is 0.262 e. The molecule has 1 amide bonds. The van der Waals surface area contributed by atoms with Crippen molar-refractivity contribution >= 4 is 34.3 Å². The third kappa shape index (κ3) is 3.83. The maximum absolute atomic E-state index is 12.9. The molecular formula is C22H23N3O2S. The number of aromatic nitrogens is 2. The molecule has 1 aliphatic rings. The normalized spacial score (nSPS) is 14.8. The number of anilines is 1. The minimum atomic E-state index is -0.371. The van der Waals surface area contributed by atoms with Crippen LogP contribution in [0.5, 0.6) is 0 Å². The number of nitrogens with zero attached hydrogens (tertiary/aromatic N) is 2. The Balaban J connectivity index is 1.57. The molecule has 1 aliphatic carbocycles. The van der Waals surface area contributed by atoms with Crippen LogP contribution in [-0.4, -0.2) is 20.7 Å². The molecule has 1 aromatic heterocycles. The van der Waals surface area contributed by atoms with E-state index in [9.17, 15) is 9.59 Å². The molecule has 0 bridgehead atoms. The van der Waals surface area contributed by atoms with E-state index in [1.165, 1.54) is 17.3 Å². The third-order valence-corrected chi connectivity index (χ3v) is 6.04. The Morgan fingerprint density at radius 2 is 1.93 bits per heavy atom. The molecule has 0 radical (unpaired) electrons. The number of hydrogen-bond donors (Lipinski definition) is 1. The number of para-hydroxylation sites is 1. The van der Waals surface area contributed by atoms with Gasteiger partial charge in [-0.2, -0.15) is 0 Å². The Morgan fingerprint density at radius 1 is 1.21 bits per heavy atom. The fourth-order valence-corrected chi connectivity index (χ4v) is 4.12. The number of benzene rings is 2. The Bertz CT molecular complexity index is 1070. The van der Waals surface area contributed by atoms with E-state index >= 15 is 0 Å². The zero-order chi connectivity index (χ0) is 19.7. The van der Waals surface area contributed by atoms with Crippen LogP contribution in [-0.2, 0) is 11.2 Å². The third-order valence-electron chi connectivity index (χ3n) is 4.97. The Kier molecular flexibility index (Phi) is 5.22. The summed E-state index contributed by atoms with van der Waals surface area (Å²) in [5.74, 6) is -0.0981. The first-order valence-corrected chi connectivity index (χ1v) is 10.5. The van der Waals surface area contributed by atoms with E-state index in [0.717, 1.165) is 24.9 Å². The number of carbonyl (C=O) groups excluding carboxylic acids is 1. The van der Waals surface area contributed by atoms with Crippen LogP contribution in [0, 0.1) is 0 Å². The largest absolute Gasteiger partial charge is 0.325 e. The Hall–Kier alpha value is -2.60. The minimum Gasteiger partial charge on any atom is -0.325 e. The monoisotopic (exact) mass is 393 g/mol. The molecule has 6 heteroatoms. The zero-order valence-corrected chi connectivity index (χ0v) is 16.8. The van der Waals surface area contributed by atoms with E-state index in [-0.39, 0.29) is 22.8 Å². The van der Waals surface area contributed by atoms with Gasteiger partial charge < -0.3 is 5.32 Å². The quantitative estimate of drug-likeness (QED) is 0.498. The first-order chi connectivity index (χ1) is 13.6. The number of hydrogen-bond acceptors (Lipinski definition) is 4. The van der Waals surface area contributed by atoms with E-state index in [4.69, 9.17) is 4.98 Å². The number of thioether (sulfide) groups is 1. The van der Waals surface area contributed by atoms with Crippen molar-refractivity contribution in [2.75, 3.05) is 5.32 Å². The number of carbonyl (C=O) groups is 1. The second-order valence-corrected chi connectivity index (χ2v) is 8.43. The van der Waals surface area contributed by atoms with Crippen LogP contribution in [0.3, 0.4) is 0 Å². The molecule has 144 valence electrons. The van der Waals surface area contributed by atoms with Crippen LogP contribution in [0.25, 0.3) is 10.9 Å². The standard InChI is InChI=1S/C22H23N3O2S/c1-3-15-8-10-16(11-9-15)23-20(26)14(2)28-22-24-19-7-5-4-6-18(19)21(27)25(22)17-12-13-17/h4-11,14,17H,3,12-13H2,1-2H3,(H,23,26)/t14-/m0/s1. The van der Waals surface area contributed by atoms with Crippen molar-refractivity contribution in [3.8, 4) is 0 Å². The summed E-state index contributed by atoms with van der Waals surface area (Å²) < 4.78 is 1.77. The van der Waals surface area contributed by atoms with Gasteiger partial charge in [-0.1, -0.05) is 43.0 Å². The first kappa shape index (κ1) is 18.7. The van der Waals surface area contributed by atoms with Crippen LogP contribution in [0.15, 0.2) is 58.5 Å². The summed E-state index contributed by atoms with van der Waals surface area (Å²) in [7, 11) is 0. The molecule has 0 saturated heterocycles. The van der Waals surface area contributed by atoms with Crippen molar-refractivity contribution in [1.29, 1.82) is 0 Å². The topological polar surface area (TPSA) is 64.0 Å². The van der Waals surface area contributed by atoms with Gasteiger partial charge in [-0.15, -0.1) is 0 Å². The highest BCUT2D eigenvalue weighted by Gasteiger charge is 2.30. The molecular weight excluding hydrogens is 370 g/mol. The van der Waals surface area contributed by atoms with Crippen molar-refractivity contribution in [3.63, 3.8) is 0 Å². The highest BCUT2D eigenvalue weighted by molar-refractivity contribution is 8.00.